The van der Waals surface area contributed by atoms with Crippen LogP contribution in [0.1, 0.15) is 23.5 Å². The van der Waals surface area contributed by atoms with Crippen LogP contribution in [-0.4, -0.2) is 19.3 Å². The molecule has 1 aromatic rings. The summed E-state index contributed by atoms with van der Waals surface area (Å²) in [5, 5.41) is 18.5. The Hall–Kier alpha value is -1.77. The molecule has 5 nitrogen and oxygen atoms in total. The van der Waals surface area contributed by atoms with Crippen molar-refractivity contribution in [1.82, 2.24) is 0 Å². The number of hydrogen-bond acceptors (Lipinski definition) is 5. The van der Waals surface area contributed by atoms with Gasteiger partial charge in [0.15, 0.2) is 23.9 Å². The summed E-state index contributed by atoms with van der Waals surface area (Å²) in [6.07, 6.45) is -1.84. The smallest absolute Gasteiger partial charge is 0.183 e. The van der Waals surface area contributed by atoms with E-state index in [1.807, 2.05) is 6.07 Å². The third-order valence-corrected chi connectivity index (χ3v) is 2.52. The van der Waals surface area contributed by atoms with Gasteiger partial charge in [-0.15, -0.1) is 0 Å². The highest BCUT2D eigenvalue weighted by Gasteiger charge is 2.32. The molecule has 1 heterocycles. The van der Waals surface area contributed by atoms with Crippen molar-refractivity contribution in [3.05, 3.63) is 23.3 Å². The summed E-state index contributed by atoms with van der Waals surface area (Å²) < 4.78 is 15.3. The second kappa shape index (κ2) is 4.00. The Labute approximate surface area is 92.8 Å². The third-order valence-electron chi connectivity index (χ3n) is 2.52. The predicted molar refractivity (Wildman–Crippen MR) is 53.9 cm³/mol. The number of hydrogen-bond donors (Lipinski definition) is 1. The molecule has 2 unspecified atom stereocenters. The lowest BCUT2D eigenvalue weighted by atomic mass is 10.0. The van der Waals surface area contributed by atoms with E-state index in [-0.39, 0.29) is 0 Å². The maximum atomic E-state index is 9.60. The molecule has 1 N–H and O–H groups in total. The predicted octanol–water partition coefficient (Wildman–Crippen LogP) is 1.29. The molecule has 5 heteroatoms. The Kier molecular flexibility index (Phi) is 2.69. The van der Waals surface area contributed by atoms with Crippen LogP contribution in [0.25, 0.3) is 0 Å². The summed E-state index contributed by atoms with van der Waals surface area (Å²) in [5.41, 5.74) is 1.16. The van der Waals surface area contributed by atoms with Crippen molar-refractivity contribution < 1.29 is 19.3 Å². The van der Waals surface area contributed by atoms with Crippen molar-refractivity contribution >= 4 is 0 Å². The van der Waals surface area contributed by atoms with Crippen LogP contribution in [0.4, 0.5) is 0 Å². The van der Waals surface area contributed by atoms with E-state index in [9.17, 15) is 5.11 Å². The second-order valence-corrected chi connectivity index (χ2v) is 3.33. The largest absolute Gasteiger partial charge is 0.493 e. The van der Waals surface area contributed by atoms with Crippen LogP contribution < -0.4 is 9.47 Å². The van der Waals surface area contributed by atoms with E-state index >= 15 is 0 Å². The van der Waals surface area contributed by atoms with Gasteiger partial charge >= 0.3 is 0 Å². The van der Waals surface area contributed by atoms with E-state index in [0.717, 1.165) is 0 Å². The first kappa shape index (κ1) is 10.7. The lowest BCUT2D eigenvalue weighted by molar-refractivity contribution is -0.104. The molecular formula is C11H11NO4. The molecule has 0 bridgehead atoms. The number of aliphatic hydroxyl groups excluding tert-OH is 1. The Bertz CT molecular complexity index is 452. The Morgan fingerprint density at radius 2 is 1.81 bits per heavy atom. The van der Waals surface area contributed by atoms with E-state index < -0.39 is 12.4 Å². The molecular weight excluding hydrogens is 210 g/mol. The van der Waals surface area contributed by atoms with Crippen LogP contribution >= 0.6 is 0 Å². The minimum absolute atomic E-state index is 0.502. The van der Waals surface area contributed by atoms with Gasteiger partial charge < -0.3 is 19.3 Å². The highest BCUT2D eigenvalue weighted by Crippen LogP contribution is 2.42. The number of fused-ring (bicyclic) bond motifs is 1. The third kappa shape index (κ3) is 1.48. The average molecular weight is 221 g/mol. The number of ether oxygens (including phenoxy) is 3. The molecule has 0 saturated heterocycles. The maximum absolute atomic E-state index is 9.60. The highest BCUT2D eigenvalue weighted by atomic mass is 16.6. The lowest BCUT2D eigenvalue weighted by Crippen LogP contribution is -1.96. The van der Waals surface area contributed by atoms with Gasteiger partial charge in [0.25, 0.3) is 0 Å². The quantitative estimate of drug-likeness (QED) is 0.814. The minimum Gasteiger partial charge on any atom is -0.493 e. The van der Waals surface area contributed by atoms with E-state index in [1.165, 1.54) is 14.2 Å². The number of nitriles is 1. The first-order valence-corrected chi connectivity index (χ1v) is 4.70. The van der Waals surface area contributed by atoms with Crippen LogP contribution in [0, 0.1) is 11.3 Å². The van der Waals surface area contributed by atoms with E-state index in [4.69, 9.17) is 19.5 Å². The molecule has 0 aromatic heterocycles. The molecule has 2 atom stereocenters. The standard InChI is InChI=1S/C11H11NO4/c1-14-8-3-6-7(4-9(8)15-2)11(13)16-10(6)5-12/h3-4,10-11,13H,1-2H3. The molecule has 0 radical (unpaired) electrons. The number of aliphatic hydroxyl groups is 1. The van der Waals surface area contributed by atoms with E-state index in [1.54, 1.807) is 12.1 Å². The van der Waals surface area contributed by atoms with Crippen molar-refractivity contribution in [2.45, 2.75) is 12.4 Å². The molecule has 1 aromatic carbocycles. The molecule has 0 spiro atoms. The molecule has 16 heavy (non-hydrogen) atoms. The van der Waals surface area contributed by atoms with Crippen LogP contribution in [-0.2, 0) is 4.74 Å². The van der Waals surface area contributed by atoms with Gasteiger partial charge in [-0.25, -0.2) is 0 Å². The summed E-state index contributed by atoms with van der Waals surface area (Å²) in [5.74, 6) is 1.02. The molecule has 84 valence electrons. The zero-order chi connectivity index (χ0) is 11.7. The van der Waals surface area contributed by atoms with Gasteiger partial charge in [0.2, 0.25) is 0 Å². The van der Waals surface area contributed by atoms with Gasteiger partial charge in [-0.3, -0.25) is 0 Å². The fourth-order valence-electron chi connectivity index (χ4n) is 1.73. The summed E-state index contributed by atoms with van der Waals surface area (Å²) in [6.45, 7) is 0. The van der Waals surface area contributed by atoms with Crippen molar-refractivity contribution in [3.63, 3.8) is 0 Å². The first-order chi connectivity index (χ1) is 7.71. The van der Waals surface area contributed by atoms with Crippen LogP contribution in [0.15, 0.2) is 12.1 Å². The SMILES string of the molecule is COc1cc2c(cc1OC)C(C#N)OC2O. The summed E-state index contributed by atoms with van der Waals surface area (Å²) in [4.78, 5) is 0. The lowest BCUT2D eigenvalue weighted by Gasteiger charge is -2.10. The summed E-state index contributed by atoms with van der Waals surface area (Å²) in [7, 11) is 3.02. The molecule has 0 aliphatic carbocycles. The topological polar surface area (TPSA) is 71.7 Å². The first-order valence-electron chi connectivity index (χ1n) is 4.70. The van der Waals surface area contributed by atoms with Crippen molar-refractivity contribution in [1.29, 1.82) is 5.26 Å². The van der Waals surface area contributed by atoms with Crippen molar-refractivity contribution in [3.8, 4) is 17.6 Å². The Balaban J connectivity index is 2.55. The average Bonchev–Trinajstić information content (AvgIpc) is 2.63. The fraction of sp³-hybridized carbons (Fsp3) is 0.364. The summed E-state index contributed by atoms with van der Waals surface area (Å²) >= 11 is 0. The molecule has 0 fully saturated rings. The Morgan fingerprint density at radius 3 is 2.31 bits per heavy atom. The molecule has 1 aliphatic rings. The number of nitrogens with zero attached hydrogens (tertiary/aromatic N) is 1. The zero-order valence-corrected chi connectivity index (χ0v) is 8.93. The molecule has 2 rings (SSSR count). The number of benzene rings is 1. The van der Waals surface area contributed by atoms with Gasteiger partial charge in [-0.1, -0.05) is 0 Å². The van der Waals surface area contributed by atoms with Gasteiger partial charge in [0.1, 0.15) is 0 Å². The molecule has 0 amide bonds. The van der Waals surface area contributed by atoms with Crippen molar-refractivity contribution in [2.24, 2.45) is 0 Å². The van der Waals surface area contributed by atoms with Gasteiger partial charge in [0.05, 0.1) is 20.3 Å². The van der Waals surface area contributed by atoms with Gasteiger partial charge in [-0.05, 0) is 12.1 Å². The number of rotatable bonds is 2. The Morgan fingerprint density at radius 1 is 1.25 bits per heavy atom. The maximum Gasteiger partial charge on any atom is 0.183 e. The summed E-state index contributed by atoms with van der Waals surface area (Å²) in [6, 6.07) is 5.23. The van der Waals surface area contributed by atoms with Crippen LogP contribution in [0.5, 0.6) is 11.5 Å². The van der Waals surface area contributed by atoms with Crippen LogP contribution in [0.3, 0.4) is 0 Å². The normalized spacial score (nSPS) is 22.4. The van der Waals surface area contributed by atoms with Gasteiger partial charge in [0, 0.05) is 11.1 Å². The fourth-order valence-corrected chi connectivity index (χ4v) is 1.73. The van der Waals surface area contributed by atoms with E-state index in [2.05, 4.69) is 0 Å². The minimum atomic E-state index is -1.08. The zero-order valence-electron chi connectivity index (χ0n) is 8.93. The van der Waals surface area contributed by atoms with Crippen molar-refractivity contribution in [2.75, 3.05) is 14.2 Å². The molecule has 1 aliphatic heterocycles. The van der Waals surface area contributed by atoms with Crippen LogP contribution in [0.2, 0.25) is 0 Å². The van der Waals surface area contributed by atoms with Gasteiger partial charge in [-0.2, -0.15) is 5.26 Å². The monoisotopic (exact) mass is 221 g/mol. The number of methoxy groups -OCH3 is 2. The highest BCUT2D eigenvalue weighted by molar-refractivity contribution is 5.51. The van der Waals surface area contributed by atoms with E-state index in [0.29, 0.717) is 22.6 Å². The molecule has 0 saturated carbocycles. The second-order valence-electron chi connectivity index (χ2n) is 3.33.